The molecule has 7 heteroatoms. The average molecular weight is 389 g/mol. The SMILES string of the molecule is COc1cc(OC)c(OC)cc1C[NH+]1CCN(C(=O)c2cccc(F)c2)CC1. The molecule has 1 aliphatic heterocycles. The number of halogens is 1. The van der Waals surface area contributed by atoms with Crippen LogP contribution in [0.2, 0.25) is 0 Å². The number of nitrogens with zero attached hydrogens (tertiary/aromatic N) is 1. The van der Waals surface area contributed by atoms with E-state index < -0.39 is 5.82 Å². The number of carbonyl (C=O) groups is 1. The van der Waals surface area contributed by atoms with Crippen LogP contribution >= 0.6 is 0 Å². The zero-order valence-corrected chi connectivity index (χ0v) is 16.5. The highest BCUT2D eigenvalue weighted by molar-refractivity contribution is 5.94. The summed E-state index contributed by atoms with van der Waals surface area (Å²) in [5.74, 6) is 1.53. The molecule has 1 heterocycles. The minimum absolute atomic E-state index is 0.123. The second kappa shape index (κ2) is 8.93. The maximum Gasteiger partial charge on any atom is 0.254 e. The number of benzene rings is 2. The molecule has 1 fully saturated rings. The van der Waals surface area contributed by atoms with E-state index in [1.807, 2.05) is 12.1 Å². The zero-order valence-electron chi connectivity index (χ0n) is 16.5. The molecular formula is C21H26FN2O4+. The molecule has 150 valence electrons. The van der Waals surface area contributed by atoms with E-state index in [0.29, 0.717) is 30.2 Å². The van der Waals surface area contributed by atoms with Crippen molar-refractivity contribution in [2.45, 2.75) is 6.54 Å². The number of methoxy groups -OCH3 is 3. The van der Waals surface area contributed by atoms with E-state index in [1.54, 1.807) is 38.4 Å². The predicted molar refractivity (Wildman–Crippen MR) is 103 cm³/mol. The Kier molecular flexibility index (Phi) is 6.36. The van der Waals surface area contributed by atoms with E-state index in [0.717, 1.165) is 30.9 Å². The van der Waals surface area contributed by atoms with Crippen molar-refractivity contribution in [3.8, 4) is 17.2 Å². The van der Waals surface area contributed by atoms with Crippen molar-refractivity contribution < 1.29 is 28.3 Å². The fourth-order valence-electron chi connectivity index (χ4n) is 3.51. The number of nitrogens with one attached hydrogen (secondary N) is 1. The number of quaternary nitrogens is 1. The molecule has 0 atom stereocenters. The van der Waals surface area contributed by atoms with Crippen LogP contribution in [0, 0.1) is 5.82 Å². The van der Waals surface area contributed by atoms with Gasteiger partial charge >= 0.3 is 0 Å². The van der Waals surface area contributed by atoms with E-state index in [4.69, 9.17) is 14.2 Å². The molecular weight excluding hydrogens is 363 g/mol. The summed E-state index contributed by atoms with van der Waals surface area (Å²) >= 11 is 0. The Hall–Kier alpha value is -2.80. The Labute approximate surface area is 164 Å². The van der Waals surface area contributed by atoms with Crippen molar-refractivity contribution in [3.05, 3.63) is 53.3 Å². The average Bonchev–Trinajstić information content (AvgIpc) is 2.73. The van der Waals surface area contributed by atoms with Crippen molar-refractivity contribution in [1.29, 1.82) is 0 Å². The molecule has 1 N–H and O–H groups in total. The maximum atomic E-state index is 13.4. The number of rotatable bonds is 6. The maximum absolute atomic E-state index is 13.4. The van der Waals surface area contributed by atoms with E-state index >= 15 is 0 Å². The second-order valence-electron chi connectivity index (χ2n) is 6.75. The molecule has 0 radical (unpaired) electrons. The first-order valence-electron chi connectivity index (χ1n) is 9.23. The van der Waals surface area contributed by atoms with Gasteiger partial charge in [-0.2, -0.15) is 0 Å². The van der Waals surface area contributed by atoms with E-state index in [2.05, 4.69) is 0 Å². The van der Waals surface area contributed by atoms with E-state index in [1.165, 1.54) is 17.0 Å². The van der Waals surface area contributed by atoms with Crippen LogP contribution in [0.4, 0.5) is 4.39 Å². The highest BCUT2D eigenvalue weighted by Crippen LogP contribution is 2.34. The molecule has 0 spiro atoms. The molecule has 0 aromatic heterocycles. The third kappa shape index (κ3) is 4.36. The second-order valence-corrected chi connectivity index (χ2v) is 6.75. The minimum Gasteiger partial charge on any atom is -0.496 e. The Bertz CT molecular complexity index is 835. The Balaban J connectivity index is 1.65. The lowest BCUT2D eigenvalue weighted by Crippen LogP contribution is -3.13. The van der Waals surface area contributed by atoms with Crippen LogP contribution in [0.25, 0.3) is 0 Å². The van der Waals surface area contributed by atoms with E-state index in [-0.39, 0.29) is 5.91 Å². The van der Waals surface area contributed by atoms with Gasteiger partial charge in [-0.15, -0.1) is 0 Å². The summed E-state index contributed by atoms with van der Waals surface area (Å²) in [5, 5.41) is 0. The predicted octanol–water partition coefficient (Wildman–Crippen LogP) is 1.39. The standard InChI is InChI=1S/C21H25FN2O4/c1-26-18-13-20(28-3)19(27-2)12-16(18)14-23-7-9-24(10-8-23)21(25)15-5-4-6-17(22)11-15/h4-6,11-13H,7-10,14H2,1-3H3/p+1. The van der Waals surface area contributed by atoms with Gasteiger partial charge in [-0.05, 0) is 24.3 Å². The summed E-state index contributed by atoms with van der Waals surface area (Å²) in [6.45, 7) is 3.61. The molecule has 28 heavy (non-hydrogen) atoms. The number of carbonyl (C=O) groups excluding carboxylic acids is 1. The van der Waals surface area contributed by atoms with Crippen LogP contribution in [0.15, 0.2) is 36.4 Å². The smallest absolute Gasteiger partial charge is 0.254 e. The normalized spacial score (nSPS) is 14.6. The number of piperazine rings is 1. The zero-order chi connectivity index (χ0) is 20.1. The summed E-state index contributed by atoms with van der Waals surface area (Å²) < 4.78 is 29.6. The quantitative estimate of drug-likeness (QED) is 0.811. The minimum atomic E-state index is -0.393. The first kappa shape index (κ1) is 19.9. The van der Waals surface area contributed by atoms with Crippen LogP contribution in [0.3, 0.4) is 0 Å². The molecule has 0 aliphatic carbocycles. The van der Waals surface area contributed by atoms with Gasteiger partial charge in [-0.25, -0.2) is 4.39 Å². The van der Waals surface area contributed by atoms with Crippen LogP contribution in [-0.2, 0) is 6.54 Å². The number of hydrogen-bond donors (Lipinski definition) is 1. The fourth-order valence-corrected chi connectivity index (χ4v) is 3.51. The molecule has 1 amide bonds. The highest BCUT2D eigenvalue weighted by atomic mass is 19.1. The Morgan fingerprint density at radius 3 is 2.25 bits per heavy atom. The lowest BCUT2D eigenvalue weighted by atomic mass is 10.1. The summed E-state index contributed by atoms with van der Waals surface area (Å²) in [6.07, 6.45) is 0. The van der Waals surface area contributed by atoms with Gasteiger partial charge in [0, 0.05) is 11.6 Å². The van der Waals surface area contributed by atoms with Crippen molar-refractivity contribution >= 4 is 5.91 Å². The summed E-state index contributed by atoms with van der Waals surface area (Å²) in [6, 6.07) is 9.62. The van der Waals surface area contributed by atoms with Crippen LogP contribution in [0.5, 0.6) is 17.2 Å². The molecule has 0 saturated carbocycles. The van der Waals surface area contributed by atoms with E-state index in [9.17, 15) is 9.18 Å². The number of ether oxygens (including phenoxy) is 3. The molecule has 2 aromatic carbocycles. The molecule has 2 aromatic rings. The van der Waals surface area contributed by atoms with Gasteiger partial charge in [0.15, 0.2) is 11.5 Å². The summed E-state index contributed by atoms with van der Waals surface area (Å²) in [5.41, 5.74) is 1.42. The largest absolute Gasteiger partial charge is 0.496 e. The topological polar surface area (TPSA) is 52.4 Å². The molecule has 0 unspecified atom stereocenters. The van der Waals surface area contributed by atoms with Gasteiger partial charge in [0.05, 0.1) is 53.1 Å². The number of amides is 1. The van der Waals surface area contributed by atoms with Crippen molar-refractivity contribution in [3.63, 3.8) is 0 Å². The number of hydrogen-bond acceptors (Lipinski definition) is 4. The first-order chi connectivity index (χ1) is 13.5. The van der Waals surface area contributed by atoms with Gasteiger partial charge in [0.25, 0.3) is 5.91 Å². The van der Waals surface area contributed by atoms with Gasteiger partial charge in [0.1, 0.15) is 18.1 Å². The fraction of sp³-hybridized carbons (Fsp3) is 0.381. The molecule has 1 aliphatic rings. The van der Waals surface area contributed by atoms with Crippen LogP contribution < -0.4 is 19.1 Å². The van der Waals surface area contributed by atoms with Crippen LogP contribution in [-0.4, -0.2) is 58.3 Å². The summed E-state index contributed by atoms with van der Waals surface area (Å²) in [4.78, 5) is 15.7. The lowest BCUT2D eigenvalue weighted by molar-refractivity contribution is -0.917. The first-order valence-corrected chi connectivity index (χ1v) is 9.23. The third-order valence-corrected chi connectivity index (χ3v) is 5.06. The Morgan fingerprint density at radius 1 is 1.00 bits per heavy atom. The van der Waals surface area contributed by atoms with Crippen molar-refractivity contribution in [2.24, 2.45) is 0 Å². The molecule has 1 saturated heterocycles. The summed E-state index contributed by atoms with van der Waals surface area (Å²) in [7, 11) is 4.84. The molecule has 0 bridgehead atoms. The van der Waals surface area contributed by atoms with Gasteiger partial charge in [-0.1, -0.05) is 6.07 Å². The van der Waals surface area contributed by atoms with Crippen molar-refractivity contribution in [1.82, 2.24) is 4.90 Å². The Morgan fingerprint density at radius 2 is 1.64 bits per heavy atom. The highest BCUT2D eigenvalue weighted by Gasteiger charge is 2.26. The molecule has 6 nitrogen and oxygen atoms in total. The molecule has 3 rings (SSSR count). The monoisotopic (exact) mass is 389 g/mol. The van der Waals surface area contributed by atoms with Gasteiger partial charge in [-0.3, -0.25) is 4.79 Å². The lowest BCUT2D eigenvalue weighted by Gasteiger charge is -2.32. The third-order valence-electron chi connectivity index (χ3n) is 5.06. The van der Waals surface area contributed by atoms with Gasteiger partial charge in [0.2, 0.25) is 0 Å². The van der Waals surface area contributed by atoms with Crippen LogP contribution in [0.1, 0.15) is 15.9 Å². The van der Waals surface area contributed by atoms with Gasteiger partial charge < -0.3 is 24.0 Å². The van der Waals surface area contributed by atoms with Crippen molar-refractivity contribution in [2.75, 3.05) is 47.5 Å².